The Morgan fingerprint density at radius 3 is 2.24 bits per heavy atom. The molecule has 0 saturated carbocycles. The maximum absolute atomic E-state index is 14.1. The minimum atomic E-state index is -0.770. The number of amides is 1. The van der Waals surface area contributed by atoms with Crippen molar-refractivity contribution >= 4 is 11.7 Å². The predicted molar refractivity (Wildman–Crippen MR) is 89.5 cm³/mol. The summed E-state index contributed by atoms with van der Waals surface area (Å²) in [4.78, 5) is 23.6. The Labute approximate surface area is 144 Å². The van der Waals surface area contributed by atoms with Crippen LogP contribution in [0.3, 0.4) is 0 Å². The summed E-state index contributed by atoms with van der Waals surface area (Å²) >= 11 is 0. The SMILES string of the molecule is COC(c1ccc(F)cc1)C(C)NC(=O)c1ccc(C(C)=O)cc1F. The number of carbonyl (C=O) groups excluding carboxylic acids is 2. The predicted octanol–water partition coefficient (Wildman–Crippen LogP) is 3.67. The highest BCUT2D eigenvalue weighted by Crippen LogP contribution is 2.21. The second-order valence-electron chi connectivity index (χ2n) is 5.72. The van der Waals surface area contributed by atoms with Crippen LogP contribution in [0.1, 0.15) is 46.2 Å². The molecular formula is C19H19F2NO3. The van der Waals surface area contributed by atoms with Crippen LogP contribution >= 0.6 is 0 Å². The minimum absolute atomic E-state index is 0.161. The molecule has 132 valence electrons. The van der Waals surface area contributed by atoms with Crippen LogP contribution in [-0.2, 0) is 4.74 Å². The average Bonchev–Trinajstić information content (AvgIpc) is 2.56. The van der Waals surface area contributed by atoms with Crippen molar-refractivity contribution in [3.8, 4) is 0 Å². The summed E-state index contributed by atoms with van der Waals surface area (Å²) in [7, 11) is 1.47. The zero-order chi connectivity index (χ0) is 18.6. The normalized spacial score (nSPS) is 13.2. The van der Waals surface area contributed by atoms with Crippen LogP contribution in [0.4, 0.5) is 8.78 Å². The topological polar surface area (TPSA) is 55.4 Å². The van der Waals surface area contributed by atoms with E-state index in [9.17, 15) is 18.4 Å². The fourth-order valence-corrected chi connectivity index (χ4v) is 2.56. The Morgan fingerprint density at radius 2 is 1.72 bits per heavy atom. The van der Waals surface area contributed by atoms with E-state index in [2.05, 4.69) is 5.32 Å². The third-order valence-electron chi connectivity index (χ3n) is 3.89. The highest BCUT2D eigenvalue weighted by atomic mass is 19.1. The number of halogens is 2. The van der Waals surface area contributed by atoms with Crippen LogP contribution in [0.25, 0.3) is 0 Å². The smallest absolute Gasteiger partial charge is 0.254 e. The fourth-order valence-electron chi connectivity index (χ4n) is 2.56. The van der Waals surface area contributed by atoms with Crippen LogP contribution < -0.4 is 5.32 Å². The van der Waals surface area contributed by atoms with Crippen LogP contribution in [0, 0.1) is 11.6 Å². The summed E-state index contributed by atoms with van der Waals surface area (Å²) in [6.07, 6.45) is -0.524. The molecule has 0 spiro atoms. The van der Waals surface area contributed by atoms with Crippen LogP contribution in [0.5, 0.6) is 0 Å². The molecule has 0 heterocycles. The molecule has 2 aromatic carbocycles. The molecule has 0 aliphatic rings. The number of hydrogen-bond donors (Lipinski definition) is 1. The lowest BCUT2D eigenvalue weighted by atomic mass is 10.0. The van der Waals surface area contributed by atoms with Crippen molar-refractivity contribution in [3.63, 3.8) is 0 Å². The van der Waals surface area contributed by atoms with Gasteiger partial charge >= 0.3 is 0 Å². The van der Waals surface area contributed by atoms with Crippen molar-refractivity contribution in [2.45, 2.75) is 26.0 Å². The zero-order valence-corrected chi connectivity index (χ0v) is 14.2. The van der Waals surface area contributed by atoms with E-state index in [0.29, 0.717) is 5.56 Å². The van der Waals surface area contributed by atoms with Crippen LogP contribution in [0.15, 0.2) is 42.5 Å². The van der Waals surface area contributed by atoms with Crippen LogP contribution in [-0.4, -0.2) is 24.8 Å². The summed E-state index contributed by atoms with van der Waals surface area (Å²) in [5, 5.41) is 2.67. The number of hydrogen-bond acceptors (Lipinski definition) is 3. The van der Waals surface area contributed by atoms with E-state index < -0.39 is 23.9 Å². The highest BCUT2D eigenvalue weighted by Gasteiger charge is 2.23. The van der Waals surface area contributed by atoms with Crippen molar-refractivity contribution < 1.29 is 23.1 Å². The van der Waals surface area contributed by atoms with E-state index in [-0.39, 0.29) is 22.7 Å². The molecule has 0 fully saturated rings. The second-order valence-corrected chi connectivity index (χ2v) is 5.72. The quantitative estimate of drug-likeness (QED) is 0.811. The van der Waals surface area contributed by atoms with Gasteiger partial charge in [0, 0.05) is 12.7 Å². The average molecular weight is 347 g/mol. The molecule has 4 nitrogen and oxygen atoms in total. The summed E-state index contributed by atoms with van der Waals surface area (Å²) in [5.74, 6) is -2.05. The molecule has 1 N–H and O–H groups in total. The van der Waals surface area contributed by atoms with Gasteiger partial charge in [-0.25, -0.2) is 8.78 Å². The highest BCUT2D eigenvalue weighted by molar-refractivity contribution is 5.98. The van der Waals surface area contributed by atoms with Gasteiger partial charge in [0.05, 0.1) is 11.6 Å². The van der Waals surface area contributed by atoms with Gasteiger partial charge in [-0.3, -0.25) is 9.59 Å². The molecule has 2 unspecified atom stereocenters. The third kappa shape index (κ3) is 4.48. The van der Waals surface area contributed by atoms with Gasteiger partial charge in [-0.2, -0.15) is 0 Å². The summed E-state index contributed by atoms with van der Waals surface area (Å²) < 4.78 is 32.5. The molecule has 6 heteroatoms. The van der Waals surface area contributed by atoms with Crippen molar-refractivity contribution in [3.05, 3.63) is 70.8 Å². The molecule has 0 bridgehead atoms. The number of ether oxygens (including phenoxy) is 1. The molecule has 2 rings (SSSR count). The second kappa shape index (κ2) is 7.98. The Balaban J connectivity index is 2.15. The monoisotopic (exact) mass is 347 g/mol. The number of nitrogens with one attached hydrogen (secondary N) is 1. The van der Waals surface area contributed by atoms with Gasteiger partial charge in [-0.1, -0.05) is 18.2 Å². The van der Waals surface area contributed by atoms with Gasteiger partial charge in [0.25, 0.3) is 5.91 Å². The molecule has 2 aromatic rings. The Morgan fingerprint density at radius 1 is 1.08 bits per heavy atom. The Bertz CT molecular complexity index is 775. The van der Waals surface area contributed by atoms with Crippen molar-refractivity contribution in [2.75, 3.05) is 7.11 Å². The molecule has 0 radical (unpaired) electrons. The number of methoxy groups -OCH3 is 1. The van der Waals surface area contributed by atoms with E-state index in [4.69, 9.17) is 4.74 Å². The standard InChI is InChI=1S/C19H19F2NO3/c1-11(18(25-3)13-4-7-15(20)8-5-13)22-19(24)16-9-6-14(12(2)23)10-17(16)21/h4-11,18H,1-3H3,(H,22,24). The van der Waals surface area contributed by atoms with Gasteiger partial charge < -0.3 is 10.1 Å². The van der Waals surface area contributed by atoms with E-state index in [1.54, 1.807) is 19.1 Å². The third-order valence-corrected chi connectivity index (χ3v) is 3.89. The molecule has 1 amide bonds. The largest absolute Gasteiger partial charge is 0.375 e. The minimum Gasteiger partial charge on any atom is -0.375 e. The first-order chi connectivity index (χ1) is 11.8. The fraction of sp³-hybridized carbons (Fsp3) is 0.263. The maximum atomic E-state index is 14.1. The van der Waals surface area contributed by atoms with Gasteiger partial charge in [0.2, 0.25) is 0 Å². The molecule has 0 aromatic heterocycles. The van der Waals surface area contributed by atoms with E-state index >= 15 is 0 Å². The zero-order valence-electron chi connectivity index (χ0n) is 14.2. The number of Topliss-reactive ketones (excluding diaryl/α,β-unsaturated/α-hetero) is 1. The van der Waals surface area contributed by atoms with E-state index in [0.717, 1.165) is 6.07 Å². The van der Waals surface area contributed by atoms with E-state index in [1.807, 2.05) is 0 Å². The molecule has 0 saturated heterocycles. The Kier molecular flexibility index (Phi) is 5.98. The first-order valence-corrected chi connectivity index (χ1v) is 7.73. The van der Waals surface area contributed by atoms with Crippen molar-refractivity contribution in [1.29, 1.82) is 0 Å². The molecular weight excluding hydrogens is 328 g/mol. The van der Waals surface area contributed by atoms with Gasteiger partial charge in [0.1, 0.15) is 17.7 Å². The summed E-state index contributed by atoms with van der Waals surface area (Å²) in [6, 6.07) is 8.95. The van der Waals surface area contributed by atoms with Crippen LogP contribution in [0.2, 0.25) is 0 Å². The lowest BCUT2D eigenvalue weighted by Crippen LogP contribution is -2.38. The summed E-state index contributed by atoms with van der Waals surface area (Å²) in [5.41, 5.74) is 0.720. The maximum Gasteiger partial charge on any atom is 0.254 e. The first-order valence-electron chi connectivity index (χ1n) is 7.73. The van der Waals surface area contributed by atoms with Gasteiger partial charge in [-0.15, -0.1) is 0 Å². The van der Waals surface area contributed by atoms with Crippen molar-refractivity contribution in [2.24, 2.45) is 0 Å². The number of ketones is 1. The molecule has 25 heavy (non-hydrogen) atoms. The number of rotatable bonds is 6. The first kappa shape index (κ1) is 18.7. The van der Waals surface area contributed by atoms with Crippen molar-refractivity contribution in [1.82, 2.24) is 5.32 Å². The molecule has 0 aliphatic carbocycles. The summed E-state index contributed by atoms with van der Waals surface area (Å²) in [6.45, 7) is 3.03. The Hall–Kier alpha value is -2.60. The number of carbonyl (C=O) groups is 2. The van der Waals surface area contributed by atoms with Gasteiger partial charge in [0.15, 0.2) is 5.78 Å². The lowest BCUT2D eigenvalue weighted by molar-refractivity contribution is 0.0642. The molecule has 2 atom stereocenters. The molecule has 0 aliphatic heterocycles. The number of benzene rings is 2. The lowest BCUT2D eigenvalue weighted by Gasteiger charge is -2.24. The van der Waals surface area contributed by atoms with E-state index in [1.165, 1.54) is 38.3 Å². The van der Waals surface area contributed by atoms with Gasteiger partial charge in [-0.05, 0) is 43.7 Å².